The van der Waals surface area contributed by atoms with E-state index in [-0.39, 0.29) is 0 Å². The average Bonchev–Trinajstić information content (AvgIpc) is 2.68. The van der Waals surface area contributed by atoms with Crippen LogP contribution in [0.1, 0.15) is 19.2 Å². The molecule has 1 aromatic heterocycles. The van der Waals surface area contributed by atoms with Gasteiger partial charge in [-0.25, -0.2) is 4.98 Å². The third-order valence-corrected chi connectivity index (χ3v) is 3.48. The van der Waals surface area contributed by atoms with Crippen LogP contribution in [0, 0.1) is 0 Å². The Kier molecular flexibility index (Phi) is 3.88. The summed E-state index contributed by atoms with van der Waals surface area (Å²) in [5.41, 5.74) is 2.41. The number of thioether (sulfide) groups is 1. The highest BCUT2D eigenvalue weighted by Gasteiger charge is 2.07. The Morgan fingerprint density at radius 3 is 2.88 bits per heavy atom. The second-order valence-electron chi connectivity index (χ2n) is 3.87. The van der Waals surface area contributed by atoms with Gasteiger partial charge in [0.25, 0.3) is 0 Å². The number of aryl methyl sites for hydroxylation is 2. The van der Waals surface area contributed by atoms with E-state index in [9.17, 15) is 0 Å². The number of imidazole rings is 1. The van der Waals surface area contributed by atoms with E-state index in [2.05, 4.69) is 47.0 Å². The maximum absolute atomic E-state index is 4.67. The topological polar surface area (TPSA) is 17.8 Å². The van der Waals surface area contributed by atoms with Crippen LogP contribution in [0.25, 0.3) is 11.0 Å². The van der Waals surface area contributed by atoms with Crippen molar-refractivity contribution in [3.05, 3.63) is 30.1 Å². The van der Waals surface area contributed by atoms with Crippen molar-refractivity contribution in [2.45, 2.75) is 26.3 Å². The van der Waals surface area contributed by atoms with E-state index in [1.165, 1.54) is 23.5 Å². The van der Waals surface area contributed by atoms with Gasteiger partial charge in [-0.15, -0.1) is 0 Å². The van der Waals surface area contributed by atoms with Gasteiger partial charge in [-0.2, -0.15) is 11.8 Å². The van der Waals surface area contributed by atoms with Crippen LogP contribution in [-0.2, 0) is 13.0 Å². The predicted molar refractivity (Wildman–Crippen MR) is 72.1 cm³/mol. The molecule has 1 heterocycles. The van der Waals surface area contributed by atoms with Gasteiger partial charge in [-0.05, 0) is 30.6 Å². The Labute approximate surface area is 101 Å². The van der Waals surface area contributed by atoms with Gasteiger partial charge in [0.05, 0.1) is 11.0 Å². The zero-order chi connectivity index (χ0) is 11.4. The van der Waals surface area contributed by atoms with Crippen LogP contribution in [0.2, 0.25) is 0 Å². The van der Waals surface area contributed by atoms with Crippen LogP contribution in [0.5, 0.6) is 0 Å². The quantitative estimate of drug-likeness (QED) is 0.738. The fraction of sp³-hybridized carbons (Fsp3) is 0.462. The van der Waals surface area contributed by atoms with Gasteiger partial charge in [-0.3, -0.25) is 0 Å². The molecule has 0 spiro atoms. The average molecular weight is 234 g/mol. The molecular weight excluding hydrogens is 216 g/mol. The second kappa shape index (κ2) is 5.39. The maximum Gasteiger partial charge on any atom is 0.109 e. The molecule has 2 nitrogen and oxygen atoms in total. The Morgan fingerprint density at radius 2 is 2.12 bits per heavy atom. The van der Waals surface area contributed by atoms with Gasteiger partial charge in [0.2, 0.25) is 0 Å². The summed E-state index contributed by atoms with van der Waals surface area (Å²) in [6, 6.07) is 8.41. The summed E-state index contributed by atoms with van der Waals surface area (Å²) in [6.07, 6.45) is 4.38. The molecule has 0 bridgehead atoms. The molecule has 86 valence electrons. The monoisotopic (exact) mass is 234 g/mol. The summed E-state index contributed by atoms with van der Waals surface area (Å²) in [4.78, 5) is 4.67. The second-order valence-corrected chi connectivity index (χ2v) is 4.85. The van der Waals surface area contributed by atoms with Crippen LogP contribution in [0.15, 0.2) is 24.3 Å². The van der Waals surface area contributed by atoms with Gasteiger partial charge < -0.3 is 4.57 Å². The molecule has 0 saturated carbocycles. The minimum atomic E-state index is 1.01. The van der Waals surface area contributed by atoms with Crippen LogP contribution < -0.4 is 0 Å². The molecule has 0 aliphatic heterocycles. The van der Waals surface area contributed by atoms with Gasteiger partial charge in [0.15, 0.2) is 0 Å². The molecule has 3 heteroatoms. The van der Waals surface area contributed by atoms with Crippen molar-refractivity contribution in [3.63, 3.8) is 0 Å². The van der Waals surface area contributed by atoms with Crippen molar-refractivity contribution < 1.29 is 0 Å². The summed E-state index contributed by atoms with van der Waals surface area (Å²) in [5.74, 6) is 2.43. The first kappa shape index (κ1) is 11.5. The number of hydrogen-bond acceptors (Lipinski definition) is 2. The molecule has 0 unspecified atom stereocenters. The number of aromatic nitrogens is 2. The predicted octanol–water partition coefficient (Wildman–Crippen LogP) is 3.35. The van der Waals surface area contributed by atoms with Gasteiger partial charge in [0.1, 0.15) is 5.82 Å². The normalized spacial score (nSPS) is 11.1. The van der Waals surface area contributed by atoms with E-state index in [0.717, 1.165) is 18.5 Å². The molecule has 2 rings (SSSR count). The van der Waals surface area contributed by atoms with E-state index >= 15 is 0 Å². The largest absolute Gasteiger partial charge is 0.328 e. The first-order valence-corrected chi connectivity index (χ1v) is 7.19. The first-order valence-electron chi connectivity index (χ1n) is 5.80. The zero-order valence-corrected chi connectivity index (χ0v) is 10.8. The minimum absolute atomic E-state index is 1.01. The Bertz CT molecular complexity index is 462. The van der Waals surface area contributed by atoms with Gasteiger partial charge in [0, 0.05) is 13.0 Å². The number of rotatable bonds is 5. The fourth-order valence-corrected chi connectivity index (χ4v) is 2.43. The molecule has 0 amide bonds. The lowest BCUT2D eigenvalue weighted by molar-refractivity contribution is 0.664. The van der Waals surface area contributed by atoms with Crippen molar-refractivity contribution in [2.75, 3.05) is 12.0 Å². The van der Waals surface area contributed by atoms with E-state index in [1.54, 1.807) is 0 Å². The highest BCUT2D eigenvalue weighted by molar-refractivity contribution is 7.98. The molecule has 1 aromatic carbocycles. The molecule has 0 radical (unpaired) electrons. The highest BCUT2D eigenvalue weighted by atomic mass is 32.2. The highest BCUT2D eigenvalue weighted by Crippen LogP contribution is 2.17. The lowest BCUT2D eigenvalue weighted by atomic mass is 10.3. The summed E-state index contributed by atoms with van der Waals surface area (Å²) in [5, 5.41) is 0. The van der Waals surface area contributed by atoms with E-state index < -0.39 is 0 Å². The van der Waals surface area contributed by atoms with Crippen molar-refractivity contribution in [1.29, 1.82) is 0 Å². The van der Waals surface area contributed by atoms with E-state index in [1.807, 2.05) is 11.8 Å². The van der Waals surface area contributed by atoms with Gasteiger partial charge >= 0.3 is 0 Å². The Morgan fingerprint density at radius 1 is 1.31 bits per heavy atom. The zero-order valence-electron chi connectivity index (χ0n) is 9.94. The Balaban J connectivity index is 2.32. The summed E-state index contributed by atoms with van der Waals surface area (Å²) in [6.45, 7) is 3.26. The number of fused-ring (bicyclic) bond motifs is 1. The molecule has 0 aliphatic rings. The number of benzene rings is 1. The minimum Gasteiger partial charge on any atom is -0.328 e. The smallest absolute Gasteiger partial charge is 0.109 e. The molecule has 0 N–H and O–H groups in total. The lowest BCUT2D eigenvalue weighted by Gasteiger charge is -2.07. The number of nitrogens with zero attached hydrogens (tertiary/aromatic N) is 2. The third-order valence-electron chi connectivity index (χ3n) is 2.78. The summed E-state index contributed by atoms with van der Waals surface area (Å²) >= 11 is 1.91. The number of para-hydroxylation sites is 2. The molecule has 0 fully saturated rings. The van der Waals surface area contributed by atoms with E-state index in [4.69, 9.17) is 0 Å². The van der Waals surface area contributed by atoms with Crippen molar-refractivity contribution in [2.24, 2.45) is 0 Å². The lowest BCUT2D eigenvalue weighted by Crippen LogP contribution is -2.03. The van der Waals surface area contributed by atoms with Crippen molar-refractivity contribution >= 4 is 22.8 Å². The van der Waals surface area contributed by atoms with Crippen LogP contribution in [-0.4, -0.2) is 21.6 Å². The third kappa shape index (κ3) is 2.24. The van der Waals surface area contributed by atoms with Crippen LogP contribution >= 0.6 is 11.8 Å². The summed E-state index contributed by atoms with van der Waals surface area (Å²) in [7, 11) is 0. The van der Waals surface area contributed by atoms with Crippen LogP contribution in [0.3, 0.4) is 0 Å². The molecule has 16 heavy (non-hydrogen) atoms. The first-order chi connectivity index (χ1) is 7.86. The van der Waals surface area contributed by atoms with Gasteiger partial charge in [-0.1, -0.05) is 19.1 Å². The molecular formula is C13H18N2S. The molecule has 0 saturated heterocycles. The number of hydrogen-bond donors (Lipinski definition) is 0. The standard InChI is InChI=1S/C13H18N2S/c1-3-13-14-11-7-4-5-8-12(11)15(13)9-6-10-16-2/h4-5,7-8H,3,6,9-10H2,1-2H3. The summed E-state index contributed by atoms with van der Waals surface area (Å²) < 4.78 is 2.37. The Hall–Kier alpha value is -0.960. The maximum atomic E-state index is 4.67. The SMILES string of the molecule is CCc1nc2ccccc2n1CCCSC. The molecule has 0 atom stereocenters. The fourth-order valence-electron chi connectivity index (χ4n) is 2.01. The molecule has 0 aliphatic carbocycles. The van der Waals surface area contributed by atoms with Crippen LogP contribution in [0.4, 0.5) is 0 Å². The van der Waals surface area contributed by atoms with Crippen molar-refractivity contribution in [3.8, 4) is 0 Å². The molecule has 2 aromatic rings. The van der Waals surface area contributed by atoms with E-state index in [0.29, 0.717) is 0 Å². The van der Waals surface area contributed by atoms with Crippen molar-refractivity contribution in [1.82, 2.24) is 9.55 Å².